The van der Waals surface area contributed by atoms with Gasteiger partial charge in [-0.15, -0.1) is 0 Å². The van der Waals surface area contributed by atoms with Crippen LogP contribution in [0.1, 0.15) is 30.2 Å². The second-order valence-electron chi connectivity index (χ2n) is 1.61. The fourth-order valence-electron chi connectivity index (χ4n) is 0.220. The molecule has 1 N–H and O–H groups in total. The lowest BCUT2D eigenvalue weighted by Crippen LogP contribution is -2.30. The van der Waals surface area contributed by atoms with Crippen molar-refractivity contribution in [3.63, 3.8) is 0 Å². The summed E-state index contributed by atoms with van der Waals surface area (Å²) in [7, 11) is 0. The summed E-state index contributed by atoms with van der Waals surface area (Å²) in [4.78, 5) is 11.2. The van der Waals surface area contributed by atoms with Crippen LogP contribution in [-0.4, -0.2) is 11.9 Å². The molecule has 0 fully saturated rings. The summed E-state index contributed by atoms with van der Waals surface area (Å²) in [5.74, 6) is -0.970. The topological polar surface area (TPSA) is 29.1 Å². The maximum absolute atomic E-state index is 11.2. The van der Waals surface area contributed by atoms with Crippen molar-refractivity contribution in [2.75, 3.05) is 0 Å². The van der Waals surface area contributed by atoms with Gasteiger partial charge < -0.3 is 5.32 Å². The van der Waals surface area contributed by atoms with E-state index in [9.17, 15) is 4.79 Å². The number of rotatable bonds is 2. The molecule has 52 valence electrons. The Morgan fingerprint density at radius 2 is 2.44 bits per heavy atom. The molecule has 0 unspecified atom stereocenters. The standard InChI is InChI=1S/C7H13NO/c1-5(2)7(9)8-6(3)4/h6H,1H2,2-4H3,(H,8,9)/i3D3,4D3,6D. The van der Waals surface area contributed by atoms with Crippen molar-refractivity contribution in [1.82, 2.24) is 5.32 Å². The van der Waals surface area contributed by atoms with Crippen molar-refractivity contribution >= 4 is 5.91 Å². The summed E-state index contributed by atoms with van der Waals surface area (Å²) >= 11 is 0. The van der Waals surface area contributed by atoms with E-state index in [-0.39, 0.29) is 5.57 Å². The molecular formula is C7H13NO. The zero-order valence-corrected chi connectivity index (χ0v) is 5.12. The SMILES string of the molecule is [2H]C([2H])([2H])C([2H])(NC(=O)C(=C)C)C([2H])([2H])[2H]. The first-order valence-electron chi connectivity index (χ1n) is 5.81. The summed E-state index contributed by atoms with van der Waals surface area (Å²) in [6, 6.07) is -3.03. The summed E-state index contributed by atoms with van der Waals surface area (Å²) in [5.41, 5.74) is -0.0647. The molecule has 2 nitrogen and oxygen atoms in total. The smallest absolute Gasteiger partial charge is 0.246 e. The molecule has 0 aromatic rings. The van der Waals surface area contributed by atoms with E-state index in [1.54, 1.807) is 5.32 Å². The Morgan fingerprint density at radius 1 is 1.89 bits per heavy atom. The van der Waals surface area contributed by atoms with Gasteiger partial charge in [-0.05, 0) is 20.6 Å². The Hall–Kier alpha value is -0.790. The van der Waals surface area contributed by atoms with Crippen LogP contribution in [0.2, 0.25) is 0 Å². The van der Waals surface area contributed by atoms with Gasteiger partial charge in [0.2, 0.25) is 5.91 Å². The van der Waals surface area contributed by atoms with Crippen LogP contribution in [0.5, 0.6) is 0 Å². The summed E-state index contributed by atoms with van der Waals surface area (Å²) < 4.78 is 49.6. The quantitative estimate of drug-likeness (QED) is 0.563. The molecule has 0 bridgehead atoms. The molecule has 0 saturated heterocycles. The number of hydrogen-bond donors (Lipinski definition) is 1. The molecule has 0 heterocycles. The minimum Gasteiger partial charge on any atom is -0.350 e. The summed E-state index contributed by atoms with van der Waals surface area (Å²) in [6.07, 6.45) is 0. The molecule has 0 aliphatic heterocycles. The third-order valence-electron chi connectivity index (χ3n) is 0.626. The number of hydrogen-bond acceptors (Lipinski definition) is 1. The Balaban J connectivity index is 5.30. The monoisotopic (exact) mass is 134 g/mol. The van der Waals surface area contributed by atoms with Crippen LogP contribution in [0.25, 0.3) is 0 Å². The van der Waals surface area contributed by atoms with Gasteiger partial charge in [-0.2, -0.15) is 0 Å². The first-order chi connectivity index (χ1) is 6.83. The van der Waals surface area contributed by atoms with Crippen molar-refractivity contribution in [3.8, 4) is 0 Å². The van der Waals surface area contributed by atoms with Crippen LogP contribution < -0.4 is 5.32 Å². The van der Waals surface area contributed by atoms with Gasteiger partial charge in [-0.25, -0.2) is 0 Å². The number of nitrogens with one attached hydrogen (secondary N) is 1. The highest BCUT2D eigenvalue weighted by Gasteiger charge is 2.00. The van der Waals surface area contributed by atoms with Crippen molar-refractivity contribution in [3.05, 3.63) is 12.2 Å². The lowest BCUT2D eigenvalue weighted by Gasteiger charge is -2.06. The van der Waals surface area contributed by atoms with E-state index in [0.717, 1.165) is 0 Å². The number of amides is 1. The fourth-order valence-corrected chi connectivity index (χ4v) is 0.220. The molecule has 0 aromatic heterocycles. The van der Waals surface area contributed by atoms with Gasteiger partial charge >= 0.3 is 0 Å². The van der Waals surface area contributed by atoms with E-state index in [1.165, 1.54) is 6.92 Å². The van der Waals surface area contributed by atoms with Crippen LogP contribution in [0.15, 0.2) is 12.2 Å². The lowest BCUT2D eigenvalue weighted by molar-refractivity contribution is -0.117. The van der Waals surface area contributed by atoms with Crippen molar-refractivity contribution in [2.24, 2.45) is 0 Å². The molecule has 0 spiro atoms. The van der Waals surface area contributed by atoms with Gasteiger partial charge in [-0.1, -0.05) is 6.58 Å². The average Bonchev–Trinajstić information content (AvgIpc) is 1.99. The van der Waals surface area contributed by atoms with Gasteiger partial charge in [0, 0.05) is 19.8 Å². The minimum absolute atomic E-state index is 0.0647. The summed E-state index contributed by atoms with van der Waals surface area (Å²) in [5, 5.41) is 1.68. The largest absolute Gasteiger partial charge is 0.350 e. The molecule has 2 heteroatoms. The highest BCUT2D eigenvalue weighted by atomic mass is 16.1. The van der Waals surface area contributed by atoms with Gasteiger partial charge in [0.05, 0.1) is 1.37 Å². The highest BCUT2D eigenvalue weighted by molar-refractivity contribution is 5.92. The van der Waals surface area contributed by atoms with Gasteiger partial charge in [0.1, 0.15) is 0 Å². The molecule has 0 aliphatic rings. The van der Waals surface area contributed by atoms with Crippen molar-refractivity contribution in [1.29, 1.82) is 0 Å². The first-order valence-corrected chi connectivity index (χ1v) is 2.31. The van der Waals surface area contributed by atoms with E-state index < -0.39 is 25.6 Å². The molecular weight excluding hydrogens is 114 g/mol. The first kappa shape index (κ1) is 2.11. The van der Waals surface area contributed by atoms with Crippen LogP contribution in [0, 0.1) is 0 Å². The van der Waals surface area contributed by atoms with Gasteiger partial charge in [0.15, 0.2) is 0 Å². The Morgan fingerprint density at radius 3 is 2.78 bits per heavy atom. The second-order valence-corrected chi connectivity index (χ2v) is 1.61. The Kier molecular flexibility index (Phi) is 0.770. The van der Waals surface area contributed by atoms with Gasteiger partial charge in [0.25, 0.3) is 0 Å². The molecule has 0 saturated carbocycles. The maximum Gasteiger partial charge on any atom is 0.246 e. The normalized spacial score (nSPS) is 24.8. The molecule has 0 aliphatic carbocycles. The second kappa shape index (κ2) is 3.28. The molecule has 9 heavy (non-hydrogen) atoms. The van der Waals surface area contributed by atoms with Crippen LogP contribution >= 0.6 is 0 Å². The number of carbonyl (C=O) groups excluding carboxylic acids is 1. The molecule has 0 aromatic carbocycles. The van der Waals surface area contributed by atoms with E-state index in [1.807, 2.05) is 0 Å². The van der Waals surface area contributed by atoms with Crippen molar-refractivity contribution in [2.45, 2.75) is 26.6 Å². The maximum atomic E-state index is 11.2. The predicted octanol–water partition coefficient (Wildman–Crippen LogP) is 1.09. The zero-order valence-electron chi connectivity index (χ0n) is 12.1. The van der Waals surface area contributed by atoms with E-state index >= 15 is 0 Å². The van der Waals surface area contributed by atoms with Crippen LogP contribution in [0.4, 0.5) is 0 Å². The lowest BCUT2D eigenvalue weighted by atomic mass is 10.3. The Labute approximate surface area is 65.8 Å². The third-order valence-corrected chi connectivity index (χ3v) is 0.626. The van der Waals surface area contributed by atoms with E-state index in [4.69, 9.17) is 9.60 Å². The molecule has 0 rings (SSSR count). The average molecular weight is 134 g/mol. The van der Waals surface area contributed by atoms with Gasteiger partial charge in [-0.3, -0.25) is 4.79 Å². The van der Waals surface area contributed by atoms with Crippen LogP contribution in [-0.2, 0) is 4.79 Å². The molecule has 0 radical (unpaired) electrons. The zero-order chi connectivity index (χ0) is 13.4. The minimum atomic E-state index is -3.16. The van der Waals surface area contributed by atoms with E-state index in [0.29, 0.717) is 0 Å². The molecule has 1 amide bonds. The summed E-state index contributed by atoms with van der Waals surface area (Å²) in [6.45, 7) is -1.80. The van der Waals surface area contributed by atoms with Crippen molar-refractivity contribution < 1.29 is 14.4 Å². The highest BCUT2D eigenvalue weighted by Crippen LogP contribution is 1.87. The van der Waals surface area contributed by atoms with Crippen LogP contribution in [0.3, 0.4) is 0 Å². The third kappa shape index (κ3) is 3.76. The number of carbonyl (C=O) groups is 1. The molecule has 0 atom stereocenters. The fraction of sp³-hybridized carbons (Fsp3) is 0.571. The predicted molar refractivity (Wildman–Crippen MR) is 38.1 cm³/mol. The van der Waals surface area contributed by atoms with E-state index in [2.05, 4.69) is 6.58 Å². The Bertz CT molecular complexity index is 289.